The Morgan fingerprint density at radius 2 is 1.56 bits per heavy atom. The molecule has 2 rings (SSSR count). The van der Waals surface area contributed by atoms with Gasteiger partial charge in [-0.3, -0.25) is 0 Å². The van der Waals surface area contributed by atoms with Crippen molar-refractivity contribution in [3.8, 4) is 23.0 Å². The van der Waals surface area contributed by atoms with Crippen molar-refractivity contribution in [2.75, 3.05) is 14.2 Å². The third kappa shape index (κ3) is 5.60. The van der Waals surface area contributed by atoms with Crippen molar-refractivity contribution in [1.82, 2.24) is 0 Å². The first kappa shape index (κ1) is 18.5. The Kier molecular flexibility index (Phi) is 6.96. The van der Waals surface area contributed by atoms with Crippen LogP contribution in [0.25, 0.3) is 12.2 Å². The van der Waals surface area contributed by atoms with Crippen molar-refractivity contribution >= 4 is 12.2 Å². The van der Waals surface area contributed by atoms with Crippen LogP contribution < -0.4 is 9.47 Å². The first-order valence-corrected chi connectivity index (χ1v) is 8.21. The molecule has 0 aliphatic rings. The molecule has 2 aromatic rings. The number of hydrogen-bond acceptors (Lipinski definition) is 4. The predicted molar refractivity (Wildman–Crippen MR) is 101 cm³/mol. The minimum Gasteiger partial charge on any atom is -0.508 e. The highest BCUT2D eigenvalue weighted by Gasteiger charge is 2.01. The largest absolute Gasteiger partial charge is 0.508 e. The van der Waals surface area contributed by atoms with Crippen molar-refractivity contribution in [3.05, 3.63) is 59.7 Å². The number of benzene rings is 2. The zero-order chi connectivity index (χ0) is 18.1. The van der Waals surface area contributed by atoms with Gasteiger partial charge in [0.15, 0.2) is 11.5 Å². The highest BCUT2D eigenvalue weighted by Crippen LogP contribution is 2.27. The number of unbranched alkanes of at least 4 members (excludes halogenated alkanes) is 2. The summed E-state index contributed by atoms with van der Waals surface area (Å²) in [5.41, 5.74) is 1.86. The van der Waals surface area contributed by atoms with Crippen LogP contribution >= 0.6 is 0 Å². The molecule has 0 saturated carbocycles. The van der Waals surface area contributed by atoms with Gasteiger partial charge >= 0.3 is 0 Å². The van der Waals surface area contributed by atoms with Gasteiger partial charge in [-0.05, 0) is 55.2 Å². The van der Waals surface area contributed by atoms with E-state index >= 15 is 0 Å². The number of rotatable bonds is 8. The average molecular weight is 340 g/mol. The van der Waals surface area contributed by atoms with Gasteiger partial charge < -0.3 is 19.7 Å². The van der Waals surface area contributed by atoms with Crippen LogP contribution in [0.5, 0.6) is 23.0 Å². The van der Waals surface area contributed by atoms with E-state index in [1.165, 1.54) is 7.11 Å². The van der Waals surface area contributed by atoms with Gasteiger partial charge in [0.1, 0.15) is 11.5 Å². The van der Waals surface area contributed by atoms with Crippen molar-refractivity contribution in [1.29, 1.82) is 0 Å². The molecule has 0 aliphatic carbocycles. The summed E-state index contributed by atoms with van der Waals surface area (Å²) in [4.78, 5) is 0. The van der Waals surface area contributed by atoms with Gasteiger partial charge in [-0.15, -0.1) is 0 Å². The van der Waals surface area contributed by atoms with E-state index in [-0.39, 0.29) is 11.5 Å². The molecule has 2 aromatic carbocycles. The molecule has 0 atom stereocenters. The molecule has 0 amide bonds. The summed E-state index contributed by atoms with van der Waals surface area (Å²) in [5.74, 6) is 1.60. The maximum absolute atomic E-state index is 9.57. The molecule has 0 fully saturated rings. The summed E-state index contributed by atoms with van der Waals surface area (Å²) in [6.07, 6.45) is 11.1. The van der Waals surface area contributed by atoms with E-state index < -0.39 is 0 Å². The second kappa shape index (κ2) is 9.42. The maximum Gasteiger partial charge on any atom is 0.161 e. The molecule has 0 radical (unpaired) electrons. The molecule has 25 heavy (non-hydrogen) atoms. The van der Waals surface area contributed by atoms with Gasteiger partial charge in [0.05, 0.1) is 14.2 Å². The Hall–Kier alpha value is -2.88. The quantitative estimate of drug-likeness (QED) is 0.663. The molecule has 0 spiro atoms. The average Bonchev–Trinajstić information content (AvgIpc) is 2.62. The van der Waals surface area contributed by atoms with E-state index in [0.29, 0.717) is 5.75 Å². The zero-order valence-corrected chi connectivity index (χ0v) is 14.6. The molecule has 0 saturated heterocycles. The number of phenols is 2. The second-order valence-electron chi connectivity index (χ2n) is 5.59. The topological polar surface area (TPSA) is 58.9 Å². The lowest BCUT2D eigenvalue weighted by molar-refractivity contribution is 0.373. The molecular formula is C21H24O4. The Labute approximate surface area is 148 Å². The Morgan fingerprint density at radius 1 is 0.840 bits per heavy atom. The van der Waals surface area contributed by atoms with Crippen LogP contribution in [0.2, 0.25) is 0 Å². The third-order valence-electron chi connectivity index (χ3n) is 3.77. The summed E-state index contributed by atoms with van der Waals surface area (Å²) in [7, 11) is 3.16. The third-order valence-corrected chi connectivity index (χ3v) is 3.77. The highest BCUT2D eigenvalue weighted by atomic mass is 16.5. The van der Waals surface area contributed by atoms with Gasteiger partial charge in [-0.1, -0.05) is 30.4 Å². The first-order chi connectivity index (χ1) is 12.1. The SMILES string of the molecule is COc1cc(/C=C/CCC/C=C/c2cc(O)ccc2OC)ccc1O. The summed E-state index contributed by atoms with van der Waals surface area (Å²) in [5, 5.41) is 19.1. The first-order valence-electron chi connectivity index (χ1n) is 8.21. The van der Waals surface area contributed by atoms with Crippen molar-refractivity contribution < 1.29 is 19.7 Å². The lowest BCUT2D eigenvalue weighted by Crippen LogP contribution is -1.86. The fraction of sp³-hybridized carbons (Fsp3) is 0.238. The summed E-state index contributed by atoms with van der Waals surface area (Å²) in [6.45, 7) is 0. The maximum atomic E-state index is 9.57. The van der Waals surface area contributed by atoms with Crippen LogP contribution in [0.4, 0.5) is 0 Å². The number of methoxy groups -OCH3 is 2. The Morgan fingerprint density at radius 3 is 2.28 bits per heavy atom. The molecule has 0 unspecified atom stereocenters. The summed E-state index contributed by atoms with van der Waals surface area (Å²) >= 11 is 0. The van der Waals surface area contributed by atoms with Gasteiger partial charge in [0.25, 0.3) is 0 Å². The Balaban J connectivity index is 1.81. The van der Waals surface area contributed by atoms with Gasteiger partial charge in [-0.2, -0.15) is 0 Å². The predicted octanol–water partition coefficient (Wildman–Crippen LogP) is 5.01. The monoisotopic (exact) mass is 340 g/mol. The molecule has 0 aromatic heterocycles. The lowest BCUT2D eigenvalue weighted by atomic mass is 10.1. The minimum absolute atomic E-state index is 0.146. The molecule has 0 heterocycles. The smallest absolute Gasteiger partial charge is 0.161 e. The van der Waals surface area contributed by atoms with Gasteiger partial charge in [-0.25, -0.2) is 0 Å². The fourth-order valence-corrected chi connectivity index (χ4v) is 2.43. The second-order valence-corrected chi connectivity index (χ2v) is 5.59. The summed E-state index contributed by atoms with van der Waals surface area (Å²) in [6, 6.07) is 10.3. The number of hydrogen-bond donors (Lipinski definition) is 2. The molecular weight excluding hydrogens is 316 g/mol. The standard InChI is InChI=1S/C21H24O4/c1-24-20-13-11-18(22)15-17(20)9-7-5-3-4-6-8-16-10-12-19(23)21(14-16)25-2/h6-15,22-23H,3-5H2,1-2H3/b8-6+,9-7+. The van der Waals surface area contributed by atoms with Crippen molar-refractivity contribution in [2.24, 2.45) is 0 Å². The van der Waals surface area contributed by atoms with E-state index in [1.54, 1.807) is 37.4 Å². The van der Waals surface area contributed by atoms with E-state index in [9.17, 15) is 10.2 Å². The lowest BCUT2D eigenvalue weighted by Gasteiger charge is -2.04. The van der Waals surface area contributed by atoms with Crippen molar-refractivity contribution in [2.45, 2.75) is 19.3 Å². The van der Waals surface area contributed by atoms with Gasteiger partial charge in [0, 0.05) is 5.56 Å². The van der Waals surface area contributed by atoms with E-state index in [1.807, 2.05) is 18.2 Å². The van der Waals surface area contributed by atoms with Crippen LogP contribution in [0.3, 0.4) is 0 Å². The number of ether oxygens (including phenoxy) is 2. The van der Waals surface area contributed by atoms with E-state index in [4.69, 9.17) is 9.47 Å². The van der Waals surface area contributed by atoms with E-state index in [0.717, 1.165) is 36.1 Å². The van der Waals surface area contributed by atoms with Crippen molar-refractivity contribution in [3.63, 3.8) is 0 Å². The molecule has 0 aliphatic heterocycles. The molecule has 132 valence electrons. The normalized spacial score (nSPS) is 11.3. The fourth-order valence-electron chi connectivity index (χ4n) is 2.43. The molecule has 4 heteroatoms. The van der Waals surface area contributed by atoms with Crippen LogP contribution in [-0.4, -0.2) is 24.4 Å². The molecule has 0 bridgehead atoms. The van der Waals surface area contributed by atoms with Crippen LogP contribution in [0.15, 0.2) is 48.6 Å². The Bertz CT molecular complexity index is 748. The van der Waals surface area contributed by atoms with Crippen LogP contribution in [0, 0.1) is 0 Å². The number of phenolic OH excluding ortho intramolecular Hbond substituents is 2. The minimum atomic E-state index is 0.146. The van der Waals surface area contributed by atoms with E-state index in [2.05, 4.69) is 12.2 Å². The highest BCUT2D eigenvalue weighted by molar-refractivity contribution is 5.59. The molecule has 4 nitrogen and oxygen atoms in total. The zero-order valence-electron chi connectivity index (χ0n) is 14.6. The van der Waals surface area contributed by atoms with Crippen LogP contribution in [-0.2, 0) is 0 Å². The number of aromatic hydroxyl groups is 2. The number of allylic oxidation sites excluding steroid dienone is 2. The van der Waals surface area contributed by atoms with Gasteiger partial charge in [0.2, 0.25) is 0 Å². The summed E-state index contributed by atoms with van der Waals surface area (Å²) < 4.78 is 10.4. The molecule has 2 N–H and O–H groups in total. The van der Waals surface area contributed by atoms with Crippen LogP contribution in [0.1, 0.15) is 30.4 Å².